The van der Waals surface area contributed by atoms with Crippen LogP contribution in [0.1, 0.15) is 33.1 Å². The summed E-state index contributed by atoms with van der Waals surface area (Å²) in [5, 5.41) is 9.19. The SMILES string of the molecule is CCC(C)OC1(C(=O)O)CCCSC1. The second-order valence-corrected chi connectivity index (χ2v) is 4.90. The first-order valence-corrected chi connectivity index (χ1v) is 6.25. The highest BCUT2D eigenvalue weighted by molar-refractivity contribution is 7.99. The van der Waals surface area contributed by atoms with E-state index < -0.39 is 11.6 Å². The molecule has 1 saturated heterocycles. The van der Waals surface area contributed by atoms with Crippen molar-refractivity contribution in [3.63, 3.8) is 0 Å². The molecule has 0 aromatic heterocycles. The average Bonchev–Trinajstić information content (AvgIpc) is 2.19. The van der Waals surface area contributed by atoms with Gasteiger partial charge in [0, 0.05) is 5.75 Å². The molecular weight excluding hydrogens is 200 g/mol. The Balaban J connectivity index is 2.65. The highest BCUT2D eigenvalue weighted by Crippen LogP contribution is 2.31. The minimum absolute atomic E-state index is 0.0322. The number of hydrogen-bond acceptors (Lipinski definition) is 3. The Morgan fingerprint density at radius 3 is 2.86 bits per heavy atom. The first-order chi connectivity index (χ1) is 6.60. The Morgan fingerprint density at radius 2 is 2.43 bits per heavy atom. The van der Waals surface area contributed by atoms with E-state index >= 15 is 0 Å². The van der Waals surface area contributed by atoms with Crippen molar-refractivity contribution in [2.24, 2.45) is 0 Å². The molecule has 2 unspecified atom stereocenters. The van der Waals surface area contributed by atoms with Gasteiger partial charge in [0.15, 0.2) is 5.60 Å². The molecule has 0 radical (unpaired) electrons. The predicted octanol–water partition coefficient (Wildman–Crippen LogP) is 2.15. The summed E-state index contributed by atoms with van der Waals surface area (Å²) in [5.41, 5.74) is -0.918. The summed E-state index contributed by atoms with van der Waals surface area (Å²) < 4.78 is 5.67. The largest absolute Gasteiger partial charge is 0.479 e. The molecule has 1 aliphatic heterocycles. The number of hydrogen-bond donors (Lipinski definition) is 1. The maximum Gasteiger partial charge on any atom is 0.336 e. The number of carbonyl (C=O) groups is 1. The summed E-state index contributed by atoms with van der Waals surface area (Å²) in [6.07, 6.45) is 2.48. The summed E-state index contributed by atoms with van der Waals surface area (Å²) in [5.74, 6) is 0.843. The average molecular weight is 218 g/mol. The zero-order valence-electron chi connectivity index (χ0n) is 8.78. The molecule has 1 N–H and O–H groups in total. The van der Waals surface area contributed by atoms with Crippen LogP contribution in [-0.4, -0.2) is 34.3 Å². The highest BCUT2D eigenvalue weighted by atomic mass is 32.2. The molecular formula is C10H18O3S. The van der Waals surface area contributed by atoms with Gasteiger partial charge in [-0.2, -0.15) is 11.8 Å². The van der Waals surface area contributed by atoms with E-state index in [9.17, 15) is 9.90 Å². The first-order valence-electron chi connectivity index (χ1n) is 5.09. The molecule has 0 aliphatic carbocycles. The minimum Gasteiger partial charge on any atom is -0.479 e. The topological polar surface area (TPSA) is 46.5 Å². The maximum atomic E-state index is 11.2. The van der Waals surface area contributed by atoms with E-state index in [-0.39, 0.29) is 6.10 Å². The van der Waals surface area contributed by atoms with Gasteiger partial charge in [-0.05, 0) is 31.9 Å². The fraction of sp³-hybridized carbons (Fsp3) is 0.900. The lowest BCUT2D eigenvalue weighted by molar-refractivity contribution is -0.170. The molecule has 1 rings (SSSR count). The lowest BCUT2D eigenvalue weighted by Crippen LogP contribution is -2.48. The fourth-order valence-electron chi connectivity index (χ4n) is 1.55. The summed E-state index contributed by atoms with van der Waals surface area (Å²) in [6, 6.07) is 0. The number of carboxylic acid groups (broad SMARTS) is 1. The summed E-state index contributed by atoms with van der Waals surface area (Å²) >= 11 is 1.68. The Labute approximate surface area is 89.2 Å². The van der Waals surface area contributed by atoms with Crippen molar-refractivity contribution in [3.05, 3.63) is 0 Å². The van der Waals surface area contributed by atoms with Crippen molar-refractivity contribution >= 4 is 17.7 Å². The molecule has 0 aromatic carbocycles. The van der Waals surface area contributed by atoms with Gasteiger partial charge in [0.25, 0.3) is 0 Å². The van der Waals surface area contributed by atoms with Crippen LogP contribution in [-0.2, 0) is 9.53 Å². The molecule has 2 atom stereocenters. The monoisotopic (exact) mass is 218 g/mol. The third kappa shape index (κ3) is 2.64. The van der Waals surface area contributed by atoms with Gasteiger partial charge in [0.2, 0.25) is 0 Å². The van der Waals surface area contributed by atoms with Crippen LogP contribution >= 0.6 is 11.8 Å². The quantitative estimate of drug-likeness (QED) is 0.785. The third-order valence-corrected chi connectivity index (χ3v) is 3.84. The van der Waals surface area contributed by atoms with Crippen LogP contribution in [0.4, 0.5) is 0 Å². The number of ether oxygens (including phenoxy) is 1. The van der Waals surface area contributed by atoms with Gasteiger partial charge < -0.3 is 9.84 Å². The fourth-order valence-corrected chi connectivity index (χ4v) is 2.71. The molecule has 1 aliphatic rings. The number of thioether (sulfide) groups is 1. The standard InChI is InChI=1S/C10H18O3S/c1-3-8(2)13-10(9(11)12)5-4-6-14-7-10/h8H,3-7H2,1-2H3,(H,11,12). The van der Waals surface area contributed by atoms with Crippen LogP contribution < -0.4 is 0 Å². The molecule has 82 valence electrons. The van der Waals surface area contributed by atoms with Gasteiger partial charge in [-0.3, -0.25) is 0 Å². The number of carboxylic acids is 1. The van der Waals surface area contributed by atoms with E-state index in [1.807, 2.05) is 13.8 Å². The number of aliphatic carboxylic acids is 1. The second kappa shape index (κ2) is 5.03. The van der Waals surface area contributed by atoms with Crippen LogP contribution in [0.5, 0.6) is 0 Å². The van der Waals surface area contributed by atoms with E-state index in [0.717, 1.165) is 18.6 Å². The van der Waals surface area contributed by atoms with Gasteiger partial charge in [-0.25, -0.2) is 4.79 Å². The van der Waals surface area contributed by atoms with Crippen LogP contribution in [0.3, 0.4) is 0 Å². The van der Waals surface area contributed by atoms with Crippen LogP contribution in [0, 0.1) is 0 Å². The summed E-state index contributed by atoms with van der Waals surface area (Å²) in [7, 11) is 0. The van der Waals surface area contributed by atoms with Crippen molar-refractivity contribution in [2.45, 2.75) is 44.8 Å². The van der Waals surface area contributed by atoms with Gasteiger partial charge in [-0.15, -0.1) is 0 Å². The molecule has 4 heteroatoms. The third-order valence-electron chi connectivity index (χ3n) is 2.60. The maximum absolute atomic E-state index is 11.2. The zero-order chi connectivity index (χ0) is 10.6. The van der Waals surface area contributed by atoms with Crippen molar-refractivity contribution in [1.29, 1.82) is 0 Å². The second-order valence-electron chi connectivity index (χ2n) is 3.79. The van der Waals surface area contributed by atoms with E-state index in [0.29, 0.717) is 12.2 Å². The van der Waals surface area contributed by atoms with E-state index in [2.05, 4.69) is 0 Å². The molecule has 0 spiro atoms. The molecule has 0 aromatic rings. The molecule has 0 saturated carbocycles. The van der Waals surface area contributed by atoms with Crippen LogP contribution in [0.25, 0.3) is 0 Å². The molecule has 1 fully saturated rings. The highest BCUT2D eigenvalue weighted by Gasteiger charge is 2.42. The molecule has 14 heavy (non-hydrogen) atoms. The predicted molar refractivity (Wildman–Crippen MR) is 57.8 cm³/mol. The van der Waals surface area contributed by atoms with E-state index in [1.54, 1.807) is 11.8 Å². The van der Waals surface area contributed by atoms with E-state index in [4.69, 9.17) is 4.74 Å². The Hall–Kier alpha value is -0.220. The molecule has 0 amide bonds. The smallest absolute Gasteiger partial charge is 0.336 e. The molecule has 1 heterocycles. The Bertz CT molecular complexity index is 200. The number of rotatable bonds is 4. The minimum atomic E-state index is -0.918. The Kier molecular flexibility index (Phi) is 4.26. The molecule has 3 nitrogen and oxygen atoms in total. The van der Waals surface area contributed by atoms with Gasteiger partial charge >= 0.3 is 5.97 Å². The molecule has 0 bridgehead atoms. The lowest BCUT2D eigenvalue weighted by atomic mass is 9.99. The lowest BCUT2D eigenvalue weighted by Gasteiger charge is -2.34. The van der Waals surface area contributed by atoms with Gasteiger partial charge in [-0.1, -0.05) is 6.92 Å². The van der Waals surface area contributed by atoms with Crippen molar-refractivity contribution in [1.82, 2.24) is 0 Å². The van der Waals surface area contributed by atoms with Crippen molar-refractivity contribution in [3.8, 4) is 0 Å². The van der Waals surface area contributed by atoms with Crippen molar-refractivity contribution in [2.75, 3.05) is 11.5 Å². The normalized spacial score (nSPS) is 29.9. The van der Waals surface area contributed by atoms with Crippen LogP contribution in [0.2, 0.25) is 0 Å². The van der Waals surface area contributed by atoms with Crippen LogP contribution in [0.15, 0.2) is 0 Å². The van der Waals surface area contributed by atoms with Gasteiger partial charge in [0.1, 0.15) is 0 Å². The van der Waals surface area contributed by atoms with Crippen molar-refractivity contribution < 1.29 is 14.6 Å². The summed E-state index contributed by atoms with van der Waals surface area (Å²) in [4.78, 5) is 11.2. The van der Waals surface area contributed by atoms with Gasteiger partial charge in [0.05, 0.1) is 6.10 Å². The first kappa shape index (κ1) is 11.9. The summed E-state index contributed by atoms with van der Waals surface area (Å²) in [6.45, 7) is 3.94. The van der Waals surface area contributed by atoms with E-state index in [1.165, 1.54) is 0 Å². The Morgan fingerprint density at radius 1 is 1.71 bits per heavy atom. The zero-order valence-corrected chi connectivity index (χ0v) is 9.60.